The van der Waals surface area contributed by atoms with Crippen LogP contribution in [-0.4, -0.2) is 54.8 Å². The molecule has 0 rings (SSSR count). The third-order valence-electron chi connectivity index (χ3n) is 2.28. The van der Waals surface area contributed by atoms with Gasteiger partial charge in [0.15, 0.2) is 0 Å². The highest BCUT2D eigenvalue weighted by Crippen LogP contribution is 2.00. The number of carbonyl (C=O) groups is 2. The van der Waals surface area contributed by atoms with Crippen molar-refractivity contribution in [1.29, 1.82) is 0 Å². The fourth-order valence-electron chi connectivity index (χ4n) is 1.29. The van der Waals surface area contributed by atoms with E-state index in [1.165, 1.54) is 0 Å². The predicted octanol–water partition coefficient (Wildman–Crippen LogP) is 0.492. The first-order valence-corrected chi connectivity index (χ1v) is 7.48. The van der Waals surface area contributed by atoms with Gasteiger partial charge in [-0.15, -0.1) is 0 Å². The molecule has 7 heteroatoms. The SMILES string of the molecule is CCNCCCNC(=O)N[C@H](CCSC)C(=O)O. The summed E-state index contributed by atoms with van der Waals surface area (Å²) in [6.07, 6.45) is 3.16. The molecule has 0 aliphatic rings. The second kappa shape index (κ2) is 11.2. The van der Waals surface area contributed by atoms with Gasteiger partial charge in [-0.25, -0.2) is 9.59 Å². The Labute approximate surface area is 112 Å². The van der Waals surface area contributed by atoms with E-state index in [2.05, 4.69) is 16.0 Å². The summed E-state index contributed by atoms with van der Waals surface area (Å²) in [5, 5.41) is 17.2. The van der Waals surface area contributed by atoms with Gasteiger partial charge in [0.2, 0.25) is 0 Å². The second-order valence-corrected chi connectivity index (χ2v) is 4.77. The second-order valence-electron chi connectivity index (χ2n) is 3.78. The number of carbonyl (C=O) groups excluding carboxylic acids is 1. The number of amides is 2. The molecule has 6 nitrogen and oxygen atoms in total. The van der Waals surface area contributed by atoms with E-state index in [1.807, 2.05) is 13.2 Å². The Morgan fingerprint density at radius 3 is 2.61 bits per heavy atom. The smallest absolute Gasteiger partial charge is 0.326 e. The molecule has 4 N–H and O–H groups in total. The number of aliphatic carboxylic acids is 1. The van der Waals surface area contributed by atoms with Crippen molar-refractivity contribution >= 4 is 23.8 Å². The highest BCUT2D eigenvalue weighted by molar-refractivity contribution is 7.98. The van der Waals surface area contributed by atoms with Crippen LogP contribution >= 0.6 is 11.8 Å². The zero-order chi connectivity index (χ0) is 13.8. The summed E-state index contributed by atoms with van der Waals surface area (Å²) in [4.78, 5) is 22.3. The molecule has 0 aliphatic carbocycles. The van der Waals surface area contributed by atoms with Gasteiger partial charge in [-0.05, 0) is 37.9 Å². The molecule has 0 aromatic rings. The van der Waals surface area contributed by atoms with Crippen LogP contribution < -0.4 is 16.0 Å². The lowest BCUT2D eigenvalue weighted by Crippen LogP contribution is -2.46. The summed E-state index contributed by atoms with van der Waals surface area (Å²) in [5.74, 6) is -0.288. The molecule has 0 aromatic heterocycles. The third-order valence-corrected chi connectivity index (χ3v) is 2.92. The predicted molar refractivity (Wildman–Crippen MR) is 74.1 cm³/mol. The van der Waals surface area contributed by atoms with Crippen molar-refractivity contribution in [2.24, 2.45) is 0 Å². The number of nitrogens with one attached hydrogen (secondary N) is 3. The molecular formula is C11H23N3O3S. The van der Waals surface area contributed by atoms with Crippen LogP contribution in [0.3, 0.4) is 0 Å². The number of carboxylic acids is 1. The first-order valence-electron chi connectivity index (χ1n) is 6.08. The molecule has 0 saturated heterocycles. The number of carboxylic acid groups (broad SMARTS) is 1. The van der Waals surface area contributed by atoms with Crippen molar-refractivity contribution < 1.29 is 14.7 Å². The normalized spacial score (nSPS) is 11.9. The van der Waals surface area contributed by atoms with Crippen LogP contribution in [-0.2, 0) is 4.79 Å². The molecule has 0 bridgehead atoms. The number of hydrogen-bond donors (Lipinski definition) is 4. The molecule has 0 aliphatic heterocycles. The molecule has 106 valence electrons. The summed E-state index contributed by atoms with van der Waals surface area (Å²) in [6.45, 7) is 4.30. The number of thioether (sulfide) groups is 1. The Morgan fingerprint density at radius 1 is 1.33 bits per heavy atom. The minimum Gasteiger partial charge on any atom is -0.480 e. The monoisotopic (exact) mass is 277 g/mol. The van der Waals surface area contributed by atoms with Gasteiger partial charge in [-0.3, -0.25) is 0 Å². The highest BCUT2D eigenvalue weighted by Gasteiger charge is 2.18. The minimum absolute atomic E-state index is 0.417. The van der Waals surface area contributed by atoms with Gasteiger partial charge in [-0.1, -0.05) is 6.92 Å². The molecule has 0 unspecified atom stereocenters. The molecule has 0 aromatic carbocycles. The van der Waals surface area contributed by atoms with Crippen molar-refractivity contribution in [2.45, 2.75) is 25.8 Å². The highest BCUT2D eigenvalue weighted by atomic mass is 32.2. The van der Waals surface area contributed by atoms with E-state index in [9.17, 15) is 9.59 Å². The van der Waals surface area contributed by atoms with E-state index >= 15 is 0 Å². The van der Waals surface area contributed by atoms with Gasteiger partial charge >= 0.3 is 12.0 Å². The number of rotatable bonds is 10. The summed E-state index contributed by atoms with van der Waals surface area (Å²) in [7, 11) is 0. The summed E-state index contributed by atoms with van der Waals surface area (Å²) in [5.41, 5.74) is 0. The van der Waals surface area contributed by atoms with E-state index in [4.69, 9.17) is 5.11 Å². The fraction of sp³-hybridized carbons (Fsp3) is 0.818. The van der Waals surface area contributed by atoms with Crippen molar-refractivity contribution in [1.82, 2.24) is 16.0 Å². The quantitative estimate of drug-likeness (QED) is 0.436. The maximum Gasteiger partial charge on any atom is 0.326 e. The van der Waals surface area contributed by atoms with E-state index < -0.39 is 18.0 Å². The van der Waals surface area contributed by atoms with Crippen LogP contribution in [0, 0.1) is 0 Å². The molecular weight excluding hydrogens is 254 g/mol. The molecule has 0 fully saturated rings. The lowest BCUT2D eigenvalue weighted by atomic mass is 10.2. The molecule has 0 radical (unpaired) electrons. The van der Waals surface area contributed by atoms with Crippen molar-refractivity contribution in [3.8, 4) is 0 Å². The minimum atomic E-state index is -0.994. The van der Waals surface area contributed by atoms with E-state index in [-0.39, 0.29) is 0 Å². The molecule has 0 heterocycles. The number of urea groups is 1. The van der Waals surface area contributed by atoms with Crippen molar-refractivity contribution in [3.63, 3.8) is 0 Å². The van der Waals surface area contributed by atoms with Gasteiger partial charge in [0.1, 0.15) is 6.04 Å². The Kier molecular flexibility index (Phi) is 10.6. The first-order chi connectivity index (χ1) is 8.61. The largest absolute Gasteiger partial charge is 0.480 e. The first kappa shape index (κ1) is 17.1. The molecule has 18 heavy (non-hydrogen) atoms. The van der Waals surface area contributed by atoms with E-state index in [0.29, 0.717) is 18.7 Å². The lowest BCUT2D eigenvalue weighted by Gasteiger charge is -2.14. The Balaban J connectivity index is 3.77. The van der Waals surface area contributed by atoms with Gasteiger partial charge in [-0.2, -0.15) is 11.8 Å². The zero-order valence-corrected chi connectivity index (χ0v) is 11.8. The van der Waals surface area contributed by atoms with Crippen LogP contribution in [0.1, 0.15) is 19.8 Å². The Bertz CT molecular complexity index is 252. The summed E-state index contributed by atoms with van der Waals surface area (Å²) in [6, 6.07) is -1.23. The molecule has 0 spiro atoms. The van der Waals surface area contributed by atoms with Gasteiger partial charge in [0.05, 0.1) is 0 Å². The summed E-state index contributed by atoms with van der Waals surface area (Å²) >= 11 is 1.56. The van der Waals surface area contributed by atoms with Crippen LogP contribution in [0.15, 0.2) is 0 Å². The van der Waals surface area contributed by atoms with Crippen molar-refractivity contribution in [2.75, 3.05) is 31.6 Å². The standard InChI is InChI=1S/C11H23N3O3S/c1-3-12-6-4-7-13-11(17)14-9(10(15)16)5-8-18-2/h9,12H,3-8H2,1-2H3,(H,15,16)(H2,13,14,17)/t9-/m1/s1. The number of hydrogen-bond acceptors (Lipinski definition) is 4. The van der Waals surface area contributed by atoms with E-state index in [1.54, 1.807) is 11.8 Å². The zero-order valence-electron chi connectivity index (χ0n) is 11.0. The summed E-state index contributed by atoms with van der Waals surface area (Å²) < 4.78 is 0. The molecule has 1 atom stereocenters. The molecule has 0 saturated carbocycles. The lowest BCUT2D eigenvalue weighted by molar-refractivity contribution is -0.139. The topological polar surface area (TPSA) is 90.5 Å². The Hall–Kier alpha value is -0.950. The Morgan fingerprint density at radius 2 is 2.06 bits per heavy atom. The maximum absolute atomic E-state index is 11.4. The van der Waals surface area contributed by atoms with Gasteiger partial charge in [0.25, 0.3) is 0 Å². The fourth-order valence-corrected chi connectivity index (χ4v) is 1.77. The van der Waals surface area contributed by atoms with E-state index in [0.717, 1.165) is 19.5 Å². The average molecular weight is 277 g/mol. The van der Waals surface area contributed by atoms with Crippen LogP contribution in [0.2, 0.25) is 0 Å². The van der Waals surface area contributed by atoms with Crippen LogP contribution in [0.25, 0.3) is 0 Å². The van der Waals surface area contributed by atoms with Crippen molar-refractivity contribution in [3.05, 3.63) is 0 Å². The van der Waals surface area contributed by atoms with Crippen LogP contribution in [0.4, 0.5) is 4.79 Å². The third kappa shape index (κ3) is 9.12. The van der Waals surface area contributed by atoms with Gasteiger partial charge < -0.3 is 21.1 Å². The van der Waals surface area contributed by atoms with Crippen LogP contribution in [0.5, 0.6) is 0 Å². The molecule has 2 amide bonds. The van der Waals surface area contributed by atoms with Gasteiger partial charge in [0, 0.05) is 6.54 Å². The maximum atomic E-state index is 11.4. The average Bonchev–Trinajstić information content (AvgIpc) is 2.33.